The van der Waals surface area contributed by atoms with E-state index in [1.165, 1.54) is 24.2 Å². The van der Waals surface area contributed by atoms with Gasteiger partial charge >= 0.3 is 6.09 Å². The summed E-state index contributed by atoms with van der Waals surface area (Å²) < 4.78 is 5.53. The molecule has 3 aromatic rings. The Hall–Kier alpha value is -3.39. The second-order valence-corrected chi connectivity index (χ2v) is 9.62. The number of nitrogens with zero attached hydrogens (tertiary/aromatic N) is 3. The first-order valence-corrected chi connectivity index (χ1v) is 12.6. The van der Waals surface area contributed by atoms with E-state index in [9.17, 15) is 9.59 Å². The number of carbonyl (C=O) groups excluding carboxylic acids is 2. The van der Waals surface area contributed by atoms with Gasteiger partial charge in [-0.1, -0.05) is 30.3 Å². The third-order valence-corrected chi connectivity index (χ3v) is 6.98. The van der Waals surface area contributed by atoms with Gasteiger partial charge in [0.2, 0.25) is 0 Å². The third-order valence-electron chi connectivity index (χ3n) is 6.23. The molecule has 0 bridgehead atoms. The highest BCUT2D eigenvalue weighted by atomic mass is 32.1. The fourth-order valence-electron chi connectivity index (χ4n) is 4.16. The van der Waals surface area contributed by atoms with Crippen LogP contribution in [-0.2, 0) is 16.1 Å². The van der Waals surface area contributed by atoms with E-state index < -0.39 is 12.1 Å². The van der Waals surface area contributed by atoms with E-state index in [1.54, 1.807) is 16.0 Å². The van der Waals surface area contributed by atoms with Gasteiger partial charge in [-0.3, -0.25) is 14.6 Å². The highest BCUT2D eigenvalue weighted by Gasteiger charge is 2.39. The van der Waals surface area contributed by atoms with Gasteiger partial charge in [0.15, 0.2) is 5.13 Å². The van der Waals surface area contributed by atoms with Crippen molar-refractivity contribution in [2.45, 2.75) is 38.3 Å². The normalized spacial score (nSPS) is 17.4. The number of anilines is 3. The molecule has 1 unspecified atom stereocenters. The van der Waals surface area contributed by atoms with Gasteiger partial charge in [-0.15, -0.1) is 11.3 Å². The lowest BCUT2D eigenvalue weighted by molar-refractivity contribution is -0.121. The lowest BCUT2D eigenvalue weighted by atomic mass is 10.1. The molecule has 0 radical (unpaired) electrons. The molecule has 1 aliphatic heterocycles. The van der Waals surface area contributed by atoms with Crippen molar-refractivity contribution >= 4 is 39.8 Å². The molecule has 7 nitrogen and oxygen atoms in total. The second-order valence-electron chi connectivity index (χ2n) is 8.75. The van der Waals surface area contributed by atoms with Crippen molar-refractivity contribution in [1.82, 2.24) is 9.88 Å². The van der Waals surface area contributed by atoms with E-state index in [4.69, 9.17) is 4.74 Å². The average Bonchev–Trinajstić information content (AvgIpc) is 3.31. The summed E-state index contributed by atoms with van der Waals surface area (Å²) in [6.07, 6.45) is 5.17. The molecular weight excluding hydrogens is 448 g/mol. The number of amides is 2. The first-order valence-electron chi connectivity index (χ1n) is 11.7. The number of aromatic nitrogens is 1. The fraction of sp³-hybridized carbons (Fsp3) is 0.346. The van der Waals surface area contributed by atoms with E-state index in [2.05, 4.69) is 10.3 Å². The summed E-state index contributed by atoms with van der Waals surface area (Å²) in [5.41, 5.74) is 2.69. The smallest absolute Gasteiger partial charge is 0.410 e. The minimum Gasteiger partial charge on any atom is -0.445 e. The molecule has 8 heteroatoms. The van der Waals surface area contributed by atoms with Crippen molar-refractivity contribution < 1.29 is 14.3 Å². The van der Waals surface area contributed by atoms with Gasteiger partial charge < -0.3 is 10.1 Å². The zero-order valence-corrected chi connectivity index (χ0v) is 19.7. The standard InChI is InChI=1S/C26H28N4O3S/c31-24(23-7-4-15-29(23)26(32)33-18-20-5-2-1-3-6-20)30(25-27-14-16-34-25)22-12-10-21(11-13-22)28-17-19-8-9-19/h1-3,5-6,10-14,16,19,23,28H,4,7-9,15,17-18H2. The Morgan fingerprint density at radius 3 is 2.59 bits per heavy atom. The number of thiazole rings is 1. The first kappa shape index (κ1) is 22.4. The van der Waals surface area contributed by atoms with Crippen LogP contribution in [0.4, 0.5) is 21.3 Å². The van der Waals surface area contributed by atoms with Crippen molar-refractivity contribution in [1.29, 1.82) is 0 Å². The van der Waals surface area contributed by atoms with Crippen LogP contribution in [0, 0.1) is 5.92 Å². The van der Waals surface area contributed by atoms with Crippen molar-refractivity contribution in [2.75, 3.05) is 23.3 Å². The summed E-state index contributed by atoms with van der Waals surface area (Å²) in [7, 11) is 0. The molecule has 2 aromatic carbocycles. The molecule has 34 heavy (non-hydrogen) atoms. The Kier molecular flexibility index (Phi) is 6.76. The number of nitrogens with one attached hydrogen (secondary N) is 1. The van der Waals surface area contributed by atoms with Gasteiger partial charge in [0.25, 0.3) is 5.91 Å². The lowest BCUT2D eigenvalue weighted by Crippen LogP contribution is -2.46. The Labute approximate surface area is 203 Å². The highest BCUT2D eigenvalue weighted by molar-refractivity contribution is 7.13. The topological polar surface area (TPSA) is 74.8 Å². The Balaban J connectivity index is 1.31. The van der Waals surface area contributed by atoms with E-state index in [0.717, 1.165) is 35.8 Å². The maximum atomic E-state index is 13.8. The Morgan fingerprint density at radius 1 is 1.09 bits per heavy atom. The Bertz CT molecular complexity index is 1100. The molecule has 1 N–H and O–H groups in total. The molecule has 1 saturated carbocycles. The molecule has 1 aromatic heterocycles. The van der Waals surface area contributed by atoms with Gasteiger partial charge in [-0.05, 0) is 61.4 Å². The minimum atomic E-state index is -0.583. The van der Waals surface area contributed by atoms with E-state index in [-0.39, 0.29) is 12.5 Å². The quantitative estimate of drug-likeness (QED) is 0.469. The fourth-order valence-corrected chi connectivity index (χ4v) is 4.83. The summed E-state index contributed by atoms with van der Waals surface area (Å²) in [6, 6.07) is 16.8. The first-order chi connectivity index (χ1) is 16.7. The SMILES string of the molecule is O=C(C1CCCN1C(=O)OCc1ccccc1)N(c1ccc(NCC2CC2)cc1)c1nccs1. The molecule has 2 aliphatic rings. The number of benzene rings is 2. The van der Waals surface area contributed by atoms with Crippen LogP contribution in [0.1, 0.15) is 31.2 Å². The predicted molar refractivity (Wildman–Crippen MR) is 133 cm³/mol. The van der Waals surface area contributed by atoms with Gasteiger partial charge in [0.05, 0.1) is 5.69 Å². The molecule has 1 atom stereocenters. The van der Waals surface area contributed by atoms with Crippen molar-refractivity contribution in [3.63, 3.8) is 0 Å². The summed E-state index contributed by atoms with van der Waals surface area (Å²) in [6.45, 7) is 1.67. The number of carbonyl (C=O) groups is 2. The molecule has 2 heterocycles. The lowest BCUT2D eigenvalue weighted by Gasteiger charge is -2.28. The van der Waals surface area contributed by atoms with E-state index in [1.807, 2.05) is 60.0 Å². The molecule has 2 amide bonds. The monoisotopic (exact) mass is 476 g/mol. The van der Waals surface area contributed by atoms with Crippen molar-refractivity contribution in [2.24, 2.45) is 5.92 Å². The van der Waals surface area contributed by atoms with Gasteiger partial charge in [-0.25, -0.2) is 9.78 Å². The molecule has 1 aliphatic carbocycles. The number of ether oxygens (including phenoxy) is 1. The van der Waals surface area contributed by atoms with Crippen LogP contribution in [0.2, 0.25) is 0 Å². The summed E-state index contributed by atoms with van der Waals surface area (Å²) >= 11 is 1.40. The summed E-state index contributed by atoms with van der Waals surface area (Å²) in [5, 5.41) is 5.90. The molecular formula is C26H28N4O3S. The van der Waals surface area contributed by atoms with Crippen molar-refractivity contribution in [3.8, 4) is 0 Å². The summed E-state index contributed by atoms with van der Waals surface area (Å²) in [5.74, 6) is 0.617. The van der Waals surface area contributed by atoms with Gasteiger partial charge in [0, 0.05) is 30.4 Å². The molecule has 5 rings (SSSR count). The maximum absolute atomic E-state index is 13.8. The molecule has 0 spiro atoms. The van der Waals surface area contributed by atoms with Crippen LogP contribution >= 0.6 is 11.3 Å². The predicted octanol–water partition coefficient (Wildman–Crippen LogP) is 5.43. The maximum Gasteiger partial charge on any atom is 0.410 e. The summed E-state index contributed by atoms with van der Waals surface area (Å²) in [4.78, 5) is 34.2. The van der Waals surface area contributed by atoms with Crippen LogP contribution in [0.3, 0.4) is 0 Å². The van der Waals surface area contributed by atoms with Crippen LogP contribution in [0.25, 0.3) is 0 Å². The largest absolute Gasteiger partial charge is 0.445 e. The Morgan fingerprint density at radius 2 is 1.88 bits per heavy atom. The van der Waals surface area contributed by atoms with Crippen molar-refractivity contribution in [3.05, 3.63) is 71.7 Å². The van der Waals surface area contributed by atoms with Crippen LogP contribution < -0.4 is 10.2 Å². The minimum absolute atomic E-state index is 0.164. The second kappa shape index (κ2) is 10.3. The van der Waals surface area contributed by atoms with Crippen LogP contribution in [0.15, 0.2) is 66.2 Å². The highest BCUT2D eigenvalue weighted by Crippen LogP contribution is 2.33. The number of hydrogen-bond donors (Lipinski definition) is 1. The van der Waals surface area contributed by atoms with Crippen LogP contribution in [0.5, 0.6) is 0 Å². The average molecular weight is 477 g/mol. The molecule has 176 valence electrons. The van der Waals surface area contributed by atoms with Gasteiger partial charge in [-0.2, -0.15) is 0 Å². The molecule has 2 fully saturated rings. The van der Waals surface area contributed by atoms with E-state index >= 15 is 0 Å². The number of rotatable bonds is 8. The number of hydrogen-bond acceptors (Lipinski definition) is 6. The zero-order valence-electron chi connectivity index (χ0n) is 18.9. The van der Waals surface area contributed by atoms with Gasteiger partial charge in [0.1, 0.15) is 12.6 Å². The van der Waals surface area contributed by atoms with Crippen LogP contribution in [-0.4, -0.2) is 41.0 Å². The third kappa shape index (κ3) is 5.22. The van der Waals surface area contributed by atoms with E-state index in [0.29, 0.717) is 18.1 Å². The molecule has 1 saturated heterocycles. The number of likely N-dealkylation sites (tertiary alicyclic amines) is 1. The zero-order chi connectivity index (χ0) is 23.3.